The van der Waals surface area contributed by atoms with Gasteiger partial charge in [0, 0.05) is 17.6 Å². The first-order valence-corrected chi connectivity index (χ1v) is 8.05. The lowest BCUT2D eigenvalue weighted by molar-refractivity contribution is 0.251. The first kappa shape index (κ1) is 16.6. The second-order valence-electron chi connectivity index (χ2n) is 5.95. The van der Waals surface area contributed by atoms with E-state index in [-0.39, 0.29) is 16.5 Å². The van der Waals surface area contributed by atoms with Crippen LogP contribution in [-0.2, 0) is 5.41 Å². The quantitative estimate of drug-likeness (QED) is 0.844. The van der Waals surface area contributed by atoms with Gasteiger partial charge >= 0.3 is 6.03 Å². The summed E-state index contributed by atoms with van der Waals surface area (Å²) in [6.45, 7) is 0.542. The minimum Gasteiger partial charge on any atom is -0.497 e. The summed E-state index contributed by atoms with van der Waals surface area (Å²) < 4.78 is 18.3. The zero-order valence-corrected chi connectivity index (χ0v) is 14.0. The zero-order valence-electron chi connectivity index (χ0n) is 13.2. The van der Waals surface area contributed by atoms with Crippen molar-refractivity contribution in [3.63, 3.8) is 0 Å². The van der Waals surface area contributed by atoms with E-state index in [2.05, 4.69) is 10.6 Å². The number of methoxy groups -OCH3 is 1. The molecule has 0 saturated heterocycles. The van der Waals surface area contributed by atoms with Gasteiger partial charge in [0.2, 0.25) is 0 Å². The molecule has 0 spiro atoms. The maximum absolute atomic E-state index is 13.1. The van der Waals surface area contributed by atoms with E-state index < -0.39 is 5.82 Å². The van der Waals surface area contributed by atoms with E-state index in [0.717, 1.165) is 18.6 Å². The molecule has 0 unspecified atom stereocenters. The molecule has 0 aromatic heterocycles. The number of hydrogen-bond donors (Lipinski definition) is 2. The lowest BCUT2D eigenvalue weighted by Gasteiger charge is -2.17. The van der Waals surface area contributed by atoms with E-state index in [0.29, 0.717) is 12.2 Å². The molecule has 1 fully saturated rings. The first-order valence-electron chi connectivity index (χ1n) is 7.67. The van der Waals surface area contributed by atoms with E-state index in [9.17, 15) is 9.18 Å². The standard InChI is InChI=1S/C18H18ClFN2O2/c1-24-14-5-2-12(3-6-14)18(8-9-18)11-21-17(23)22-13-4-7-16(20)15(19)10-13/h2-7,10H,8-9,11H2,1H3,(H2,21,22,23). The molecule has 1 aliphatic rings. The number of anilines is 1. The van der Waals surface area contributed by atoms with Crippen molar-refractivity contribution in [1.29, 1.82) is 0 Å². The van der Waals surface area contributed by atoms with Crippen molar-refractivity contribution in [2.45, 2.75) is 18.3 Å². The minimum absolute atomic E-state index is 0.00987. The van der Waals surface area contributed by atoms with Crippen LogP contribution in [-0.4, -0.2) is 19.7 Å². The Morgan fingerprint density at radius 3 is 2.54 bits per heavy atom. The fourth-order valence-electron chi connectivity index (χ4n) is 2.66. The third-order valence-electron chi connectivity index (χ3n) is 4.32. The lowest BCUT2D eigenvalue weighted by atomic mass is 9.96. The molecule has 1 aliphatic carbocycles. The molecule has 6 heteroatoms. The highest BCUT2D eigenvalue weighted by Crippen LogP contribution is 2.47. The molecule has 0 aliphatic heterocycles. The number of ether oxygens (including phenoxy) is 1. The highest BCUT2D eigenvalue weighted by Gasteiger charge is 2.44. The van der Waals surface area contributed by atoms with Gasteiger partial charge < -0.3 is 15.4 Å². The predicted octanol–water partition coefficient (Wildman–Crippen LogP) is 4.34. The van der Waals surface area contributed by atoms with E-state index in [4.69, 9.17) is 16.3 Å². The molecule has 0 radical (unpaired) electrons. The van der Waals surface area contributed by atoms with Gasteiger partial charge in [-0.15, -0.1) is 0 Å². The smallest absolute Gasteiger partial charge is 0.319 e. The monoisotopic (exact) mass is 348 g/mol. The number of carbonyl (C=O) groups excluding carboxylic acids is 1. The Kier molecular flexibility index (Phi) is 4.62. The van der Waals surface area contributed by atoms with Gasteiger partial charge in [0.05, 0.1) is 12.1 Å². The molecule has 3 rings (SSSR count). The Morgan fingerprint density at radius 1 is 1.25 bits per heavy atom. The van der Waals surface area contributed by atoms with Gasteiger partial charge in [-0.1, -0.05) is 23.7 Å². The van der Waals surface area contributed by atoms with Crippen molar-refractivity contribution in [3.05, 3.63) is 58.9 Å². The Balaban J connectivity index is 1.58. The van der Waals surface area contributed by atoms with Crippen LogP contribution in [0.4, 0.5) is 14.9 Å². The predicted molar refractivity (Wildman–Crippen MR) is 92.3 cm³/mol. The van der Waals surface area contributed by atoms with Crippen LogP contribution in [0.25, 0.3) is 0 Å². The van der Waals surface area contributed by atoms with Crippen LogP contribution in [0.1, 0.15) is 18.4 Å². The molecule has 0 bridgehead atoms. The van der Waals surface area contributed by atoms with Crippen LogP contribution in [0.3, 0.4) is 0 Å². The van der Waals surface area contributed by atoms with Crippen molar-refractivity contribution in [2.75, 3.05) is 19.0 Å². The third-order valence-corrected chi connectivity index (χ3v) is 4.61. The summed E-state index contributed by atoms with van der Waals surface area (Å²) in [5.41, 5.74) is 1.63. The molecule has 0 atom stereocenters. The molecule has 24 heavy (non-hydrogen) atoms. The van der Waals surface area contributed by atoms with Crippen LogP contribution in [0.15, 0.2) is 42.5 Å². The topological polar surface area (TPSA) is 50.4 Å². The van der Waals surface area contributed by atoms with Gasteiger partial charge in [-0.25, -0.2) is 9.18 Å². The van der Waals surface area contributed by atoms with Crippen LogP contribution in [0.5, 0.6) is 5.75 Å². The molecule has 2 N–H and O–H groups in total. The summed E-state index contributed by atoms with van der Waals surface area (Å²) in [6.07, 6.45) is 2.06. The Labute approximate surface area is 145 Å². The van der Waals surface area contributed by atoms with E-state index in [1.165, 1.54) is 23.8 Å². The number of nitrogens with one attached hydrogen (secondary N) is 2. The van der Waals surface area contributed by atoms with Crippen molar-refractivity contribution in [3.8, 4) is 5.75 Å². The molecule has 2 amide bonds. The molecule has 2 aromatic carbocycles. The van der Waals surface area contributed by atoms with Crippen LogP contribution in [0, 0.1) is 5.82 Å². The van der Waals surface area contributed by atoms with Gasteiger partial charge in [0.25, 0.3) is 0 Å². The summed E-state index contributed by atoms with van der Waals surface area (Å²) in [4.78, 5) is 12.0. The van der Waals surface area contributed by atoms with Gasteiger partial charge in [0.15, 0.2) is 0 Å². The summed E-state index contributed by atoms with van der Waals surface area (Å²) in [6, 6.07) is 11.7. The summed E-state index contributed by atoms with van der Waals surface area (Å²) in [7, 11) is 1.63. The number of urea groups is 1. The van der Waals surface area contributed by atoms with Crippen molar-refractivity contribution in [2.24, 2.45) is 0 Å². The number of hydrogen-bond acceptors (Lipinski definition) is 2. The molecular formula is C18H18ClFN2O2. The van der Waals surface area contributed by atoms with Crippen LogP contribution >= 0.6 is 11.6 Å². The molecule has 4 nitrogen and oxygen atoms in total. The maximum Gasteiger partial charge on any atom is 0.319 e. The van der Waals surface area contributed by atoms with Gasteiger partial charge in [-0.05, 0) is 48.7 Å². The largest absolute Gasteiger partial charge is 0.497 e. The average molecular weight is 349 g/mol. The maximum atomic E-state index is 13.1. The number of rotatable bonds is 5. The second-order valence-corrected chi connectivity index (χ2v) is 6.35. The Hall–Kier alpha value is -2.27. The number of halogens is 2. The number of benzene rings is 2. The fraction of sp³-hybridized carbons (Fsp3) is 0.278. The van der Waals surface area contributed by atoms with Crippen LogP contribution in [0.2, 0.25) is 5.02 Å². The van der Waals surface area contributed by atoms with Gasteiger partial charge in [0.1, 0.15) is 11.6 Å². The van der Waals surface area contributed by atoms with Gasteiger partial charge in [-0.2, -0.15) is 0 Å². The van der Waals surface area contributed by atoms with E-state index in [1.54, 1.807) is 7.11 Å². The van der Waals surface area contributed by atoms with Crippen molar-refractivity contribution in [1.82, 2.24) is 5.32 Å². The molecular weight excluding hydrogens is 331 g/mol. The third kappa shape index (κ3) is 3.62. The van der Waals surface area contributed by atoms with Crippen LogP contribution < -0.4 is 15.4 Å². The molecule has 126 valence electrons. The SMILES string of the molecule is COc1ccc(C2(CNC(=O)Nc3ccc(F)c(Cl)c3)CC2)cc1. The minimum atomic E-state index is -0.515. The van der Waals surface area contributed by atoms with Crippen molar-refractivity contribution >= 4 is 23.3 Å². The summed E-state index contributed by atoms with van der Waals surface area (Å²) in [5, 5.41) is 5.51. The molecule has 1 saturated carbocycles. The summed E-state index contributed by atoms with van der Waals surface area (Å²) >= 11 is 5.70. The number of amides is 2. The second kappa shape index (κ2) is 6.69. The summed E-state index contributed by atoms with van der Waals surface area (Å²) in [5.74, 6) is 0.299. The van der Waals surface area contributed by atoms with E-state index >= 15 is 0 Å². The Bertz CT molecular complexity index is 745. The fourth-order valence-corrected chi connectivity index (χ4v) is 2.84. The zero-order chi connectivity index (χ0) is 17.2. The highest BCUT2D eigenvalue weighted by molar-refractivity contribution is 6.31. The highest BCUT2D eigenvalue weighted by atomic mass is 35.5. The average Bonchev–Trinajstić information content (AvgIpc) is 3.38. The Morgan fingerprint density at radius 2 is 1.96 bits per heavy atom. The van der Waals surface area contributed by atoms with Crippen molar-refractivity contribution < 1.29 is 13.9 Å². The van der Waals surface area contributed by atoms with Gasteiger partial charge in [-0.3, -0.25) is 0 Å². The molecule has 2 aromatic rings. The molecule has 0 heterocycles. The van der Waals surface area contributed by atoms with E-state index in [1.807, 2.05) is 24.3 Å². The normalized spacial score (nSPS) is 14.8. The first-order chi connectivity index (χ1) is 11.5. The lowest BCUT2D eigenvalue weighted by Crippen LogP contribution is -2.35. The number of carbonyl (C=O) groups is 1.